The van der Waals surface area contributed by atoms with E-state index in [2.05, 4.69) is 75.9 Å². The van der Waals surface area contributed by atoms with E-state index in [1.54, 1.807) is 24.8 Å². The lowest BCUT2D eigenvalue weighted by Gasteiger charge is -2.13. The van der Waals surface area contributed by atoms with Crippen LogP contribution in [0.15, 0.2) is 141 Å². The fourth-order valence-electron chi connectivity index (χ4n) is 4.97. The summed E-state index contributed by atoms with van der Waals surface area (Å²) in [4.78, 5) is 27.1. The van der Waals surface area contributed by atoms with Crippen molar-refractivity contribution in [2.24, 2.45) is 0 Å². The minimum atomic E-state index is 0.664. The summed E-state index contributed by atoms with van der Waals surface area (Å²) in [5.41, 5.74) is 11.5. The molecule has 0 saturated carbocycles. The Morgan fingerprint density at radius 2 is 1.14 bits per heavy atom. The Bertz CT molecular complexity index is 1910. The predicted molar refractivity (Wildman–Crippen MR) is 178 cm³/mol. The third-order valence-electron chi connectivity index (χ3n) is 7.20. The number of aryl methyl sites for hydroxylation is 1. The summed E-state index contributed by atoms with van der Waals surface area (Å²) in [5.74, 6) is 0.664. The first-order valence-corrected chi connectivity index (χ1v) is 14.3. The van der Waals surface area contributed by atoms with Crippen molar-refractivity contribution in [3.63, 3.8) is 0 Å². The fraction of sp³-hybridized carbons (Fsp3) is 0.0526. The monoisotopic (exact) mass is 570 g/mol. The van der Waals surface area contributed by atoms with Crippen molar-refractivity contribution in [3.8, 4) is 33.5 Å². The molecule has 6 heteroatoms. The highest BCUT2D eigenvalue weighted by molar-refractivity contribution is 5.90. The Labute approximate surface area is 257 Å². The lowest BCUT2D eigenvalue weighted by atomic mass is 9.95. The molecule has 0 unspecified atom stereocenters. The van der Waals surface area contributed by atoms with E-state index in [0.717, 1.165) is 67.1 Å². The second-order valence-corrected chi connectivity index (χ2v) is 10.4. The van der Waals surface area contributed by atoms with Crippen LogP contribution in [-0.4, -0.2) is 29.9 Å². The van der Waals surface area contributed by atoms with Crippen LogP contribution < -0.4 is 0 Å². The molecular weight excluding hydrogens is 540 g/mol. The van der Waals surface area contributed by atoms with Crippen molar-refractivity contribution in [1.82, 2.24) is 29.9 Å². The van der Waals surface area contributed by atoms with Crippen molar-refractivity contribution in [2.45, 2.75) is 13.8 Å². The number of benzene rings is 1. The summed E-state index contributed by atoms with van der Waals surface area (Å²) < 4.78 is 0. The third-order valence-corrected chi connectivity index (χ3v) is 7.20. The zero-order valence-electron chi connectivity index (χ0n) is 24.6. The van der Waals surface area contributed by atoms with Crippen molar-refractivity contribution in [3.05, 3.63) is 164 Å². The van der Waals surface area contributed by atoms with Crippen LogP contribution >= 0.6 is 0 Å². The zero-order chi connectivity index (χ0) is 30.3. The number of nitrogens with zero attached hydrogens (tertiary/aromatic N) is 6. The maximum absolute atomic E-state index is 4.90. The molecule has 0 saturated heterocycles. The van der Waals surface area contributed by atoms with E-state index >= 15 is 0 Å². The number of pyridine rings is 4. The molecule has 6 nitrogen and oxygen atoms in total. The number of aromatic nitrogens is 6. The van der Waals surface area contributed by atoms with Gasteiger partial charge in [-0.1, -0.05) is 30.8 Å². The quantitative estimate of drug-likeness (QED) is 0.171. The molecule has 0 spiro atoms. The Morgan fingerprint density at radius 3 is 1.68 bits per heavy atom. The molecule has 0 aliphatic rings. The van der Waals surface area contributed by atoms with Crippen LogP contribution in [0.3, 0.4) is 0 Å². The number of hydrogen-bond acceptors (Lipinski definition) is 6. The molecule has 0 aliphatic carbocycles. The smallest absolute Gasteiger partial charge is 0.126 e. The Balaban J connectivity index is 1.51. The molecule has 6 aromatic rings. The van der Waals surface area contributed by atoms with Gasteiger partial charge < -0.3 is 0 Å². The van der Waals surface area contributed by atoms with Crippen LogP contribution in [0.5, 0.6) is 0 Å². The summed E-state index contributed by atoms with van der Waals surface area (Å²) in [7, 11) is 0. The summed E-state index contributed by atoms with van der Waals surface area (Å²) in [6.07, 6.45) is 18.7. The van der Waals surface area contributed by atoms with E-state index in [0.29, 0.717) is 5.82 Å². The van der Waals surface area contributed by atoms with Gasteiger partial charge in [0.1, 0.15) is 5.82 Å². The Hall–Kier alpha value is -5.88. The first-order chi connectivity index (χ1) is 21.5. The maximum atomic E-state index is 4.90. The number of allylic oxidation sites excluding steroid dienone is 5. The first kappa shape index (κ1) is 28.2. The molecule has 0 atom stereocenters. The Morgan fingerprint density at radius 1 is 0.591 bits per heavy atom. The van der Waals surface area contributed by atoms with Gasteiger partial charge in [-0.2, -0.15) is 0 Å². The van der Waals surface area contributed by atoms with Crippen molar-refractivity contribution < 1.29 is 0 Å². The van der Waals surface area contributed by atoms with E-state index < -0.39 is 0 Å². The van der Waals surface area contributed by atoms with Crippen LogP contribution in [0.2, 0.25) is 0 Å². The van der Waals surface area contributed by atoms with Gasteiger partial charge in [0, 0.05) is 71.8 Å². The fourth-order valence-corrected chi connectivity index (χ4v) is 4.97. The molecule has 212 valence electrons. The first-order valence-electron chi connectivity index (χ1n) is 14.3. The van der Waals surface area contributed by atoms with Crippen molar-refractivity contribution in [1.29, 1.82) is 0 Å². The maximum Gasteiger partial charge on any atom is 0.126 e. The third kappa shape index (κ3) is 6.61. The minimum Gasteiger partial charge on any atom is -0.264 e. The minimum absolute atomic E-state index is 0.664. The molecule has 0 bridgehead atoms. The highest BCUT2D eigenvalue weighted by Gasteiger charge is 2.13. The molecule has 0 radical (unpaired) electrons. The van der Waals surface area contributed by atoms with Gasteiger partial charge >= 0.3 is 0 Å². The highest BCUT2D eigenvalue weighted by Crippen LogP contribution is 2.33. The van der Waals surface area contributed by atoms with Crippen LogP contribution in [0.4, 0.5) is 0 Å². The number of rotatable bonds is 8. The molecule has 0 fully saturated rings. The lowest BCUT2D eigenvalue weighted by molar-refractivity contribution is 1.04. The van der Waals surface area contributed by atoms with Gasteiger partial charge in [0.25, 0.3) is 0 Å². The second kappa shape index (κ2) is 13.0. The van der Waals surface area contributed by atoms with Crippen molar-refractivity contribution >= 4 is 16.7 Å². The normalized spacial score (nSPS) is 11.8. The molecule has 0 amide bonds. The highest BCUT2D eigenvalue weighted by atomic mass is 14.9. The SMILES string of the molecule is C=C(/C=C(\C=C(/C)c1cccnc1)c1cc(-c2cc(-c3cccnc3)cc(-c3cccnc3)c2)nc(C)n1)c1cccnc1. The number of hydrogen-bond donors (Lipinski definition) is 0. The van der Waals surface area contributed by atoms with Crippen LogP contribution in [0.1, 0.15) is 29.6 Å². The summed E-state index contributed by atoms with van der Waals surface area (Å²) in [6.45, 7) is 8.35. The molecule has 1 aromatic carbocycles. The van der Waals surface area contributed by atoms with Gasteiger partial charge in [0.05, 0.1) is 11.4 Å². The van der Waals surface area contributed by atoms with E-state index in [1.165, 1.54) is 0 Å². The van der Waals surface area contributed by atoms with Gasteiger partial charge in [-0.05, 0) is 108 Å². The molecule has 6 rings (SSSR count). The van der Waals surface area contributed by atoms with Gasteiger partial charge in [-0.3, -0.25) is 19.9 Å². The standard InChI is InChI=1S/C38H30N6/c1-26(29-8-4-12-39-22-29)16-35(17-27(2)30-9-5-13-40-23-30)37-21-38(44-28(3)43-37)36-19-33(31-10-6-14-41-24-31)18-34(20-36)32-11-7-15-42-25-32/h4-25H,1H2,2-3H3/b27-17+,35-16+. The van der Waals surface area contributed by atoms with Gasteiger partial charge in [-0.25, -0.2) is 9.97 Å². The molecule has 5 aromatic heterocycles. The van der Waals surface area contributed by atoms with Crippen molar-refractivity contribution in [2.75, 3.05) is 0 Å². The largest absolute Gasteiger partial charge is 0.264 e. The predicted octanol–water partition coefficient (Wildman–Crippen LogP) is 8.57. The van der Waals surface area contributed by atoms with Crippen LogP contribution in [0, 0.1) is 6.92 Å². The summed E-state index contributed by atoms with van der Waals surface area (Å²) >= 11 is 0. The average molecular weight is 571 g/mol. The van der Waals surface area contributed by atoms with Crippen LogP contribution in [0.25, 0.3) is 50.2 Å². The average Bonchev–Trinajstić information content (AvgIpc) is 3.09. The molecule has 5 heterocycles. The van der Waals surface area contributed by atoms with E-state index in [4.69, 9.17) is 9.97 Å². The van der Waals surface area contributed by atoms with Gasteiger partial charge in [0.15, 0.2) is 0 Å². The molecule has 44 heavy (non-hydrogen) atoms. The lowest BCUT2D eigenvalue weighted by Crippen LogP contribution is -1.98. The molecule has 0 N–H and O–H groups in total. The van der Waals surface area contributed by atoms with E-state index in [9.17, 15) is 0 Å². The van der Waals surface area contributed by atoms with Gasteiger partial charge in [0.2, 0.25) is 0 Å². The molecule has 0 aliphatic heterocycles. The Kier molecular flexibility index (Phi) is 8.32. The van der Waals surface area contributed by atoms with Gasteiger partial charge in [-0.15, -0.1) is 0 Å². The zero-order valence-corrected chi connectivity index (χ0v) is 24.6. The molecular formula is C38H30N6. The van der Waals surface area contributed by atoms with E-state index in [1.807, 2.05) is 74.2 Å². The summed E-state index contributed by atoms with van der Waals surface area (Å²) in [5, 5.41) is 0. The summed E-state index contributed by atoms with van der Waals surface area (Å²) in [6, 6.07) is 24.4. The van der Waals surface area contributed by atoms with E-state index in [-0.39, 0.29) is 0 Å². The van der Waals surface area contributed by atoms with Crippen LogP contribution in [-0.2, 0) is 0 Å². The second-order valence-electron chi connectivity index (χ2n) is 10.4. The topological polar surface area (TPSA) is 77.3 Å².